The maximum absolute atomic E-state index is 10.8. The Hall–Kier alpha value is -3.12. The molecule has 0 unspecified atom stereocenters. The van der Waals surface area contributed by atoms with Crippen LogP contribution in [0.5, 0.6) is 11.5 Å². The highest BCUT2D eigenvalue weighted by Gasteiger charge is 2.15. The summed E-state index contributed by atoms with van der Waals surface area (Å²) >= 11 is 1.63. The maximum Gasteiger partial charge on any atom is 0.341 e. The monoisotopic (exact) mass is 368 g/mol. The Balaban J connectivity index is 2.12. The van der Waals surface area contributed by atoms with Gasteiger partial charge in [-0.25, -0.2) is 4.79 Å². The van der Waals surface area contributed by atoms with Crippen LogP contribution in [0.1, 0.15) is 5.56 Å². The number of thiophene rings is 1. The molecule has 5 nitrogen and oxygen atoms in total. The van der Waals surface area contributed by atoms with Gasteiger partial charge in [-0.1, -0.05) is 18.2 Å². The molecule has 3 aromatic rings. The molecule has 0 aliphatic rings. The first-order valence-electron chi connectivity index (χ1n) is 7.80. The molecule has 0 radical (unpaired) electrons. The summed E-state index contributed by atoms with van der Waals surface area (Å²) in [5.74, 6) is -0.171. The molecule has 0 saturated carbocycles. The van der Waals surface area contributed by atoms with E-state index < -0.39 is 12.6 Å². The zero-order valence-electron chi connectivity index (χ0n) is 14.0. The smallest absolute Gasteiger partial charge is 0.341 e. The van der Waals surface area contributed by atoms with E-state index >= 15 is 0 Å². The first-order valence-corrected chi connectivity index (χ1v) is 8.61. The third kappa shape index (κ3) is 3.75. The molecule has 1 heterocycles. The number of carbonyl (C=O) groups excluding carboxylic acids is 1. The molecule has 0 spiro atoms. The van der Waals surface area contributed by atoms with Crippen molar-refractivity contribution in [1.29, 1.82) is 0 Å². The van der Waals surface area contributed by atoms with Crippen molar-refractivity contribution in [2.75, 3.05) is 13.7 Å². The maximum atomic E-state index is 10.8. The second-order valence-electron chi connectivity index (χ2n) is 5.42. The number of hydrogen-bond acceptors (Lipinski definition) is 5. The van der Waals surface area contributed by atoms with Gasteiger partial charge in [-0.05, 0) is 35.7 Å². The number of aldehydes is 1. The number of carbonyl (C=O) groups is 2. The molecule has 0 fully saturated rings. The van der Waals surface area contributed by atoms with Crippen LogP contribution in [0.2, 0.25) is 0 Å². The summed E-state index contributed by atoms with van der Waals surface area (Å²) in [5.41, 5.74) is 1.45. The highest BCUT2D eigenvalue weighted by atomic mass is 32.1. The van der Waals surface area contributed by atoms with Crippen molar-refractivity contribution in [2.45, 2.75) is 0 Å². The molecule has 0 atom stereocenters. The lowest BCUT2D eigenvalue weighted by Gasteiger charge is -2.13. The Morgan fingerprint density at radius 3 is 2.69 bits per heavy atom. The van der Waals surface area contributed by atoms with Gasteiger partial charge >= 0.3 is 5.97 Å². The number of rotatable bonds is 7. The van der Waals surface area contributed by atoms with Crippen molar-refractivity contribution >= 4 is 39.8 Å². The van der Waals surface area contributed by atoms with E-state index in [2.05, 4.69) is 6.07 Å². The lowest BCUT2D eigenvalue weighted by molar-refractivity contribution is -0.139. The number of carboxylic acid groups (broad SMARTS) is 1. The van der Waals surface area contributed by atoms with Gasteiger partial charge in [0.1, 0.15) is 17.8 Å². The van der Waals surface area contributed by atoms with Gasteiger partial charge in [0, 0.05) is 26.8 Å². The Kier molecular flexibility index (Phi) is 5.34. The standard InChI is InChI=1S/C20H16O5S/c1-24-17-11-16(25-12-20(22)23)13(6-4-8-21)9-15(17)19-10-14-5-2-3-7-18(14)26-19/h2-11H,12H2,1H3,(H,22,23)/b6-4+. The van der Waals surface area contributed by atoms with E-state index in [4.69, 9.17) is 14.6 Å². The molecule has 0 amide bonds. The highest BCUT2D eigenvalue weighted by molar-refractivity contribution is 7.22. The SMILES string of the molecule is COc1cc(OCC(=O)O)c(/C=C/C=O)cc1-c1cc2ccccc2s1. The molecule has 0 bridgehead atoms. The minimum Gasteiger partial charge on any atom is -0.496 e. The normalized spacial score (nSPS) is 11.0. The molecule has 1 N–H and O–H groups in total. The van der Waals surface area contributed by atoms with Crippen molar-refractivity contribution in [3.8, 4) is 21.9 Å². The molecule has 6 heteroatoms. The number of allylic oxidation sites excluding steroid dienone is 1. The largest absolute Gasteiger partial charge is 0.496 e. The van der Waals surface area contributed by atoms with Crippen molar-refractivity contribution in [3.05, 3.63) is 54.1 Å². The lowest BCUT2D eigenvalue weighted by atomic mass is 10.1. The van der Waals surface area contributed by atoms with Gasteiger partial charge in [-0.2, -0.15) is 0 Å². The minimum absolute atomic E-state index is 0.340. The quantitative estimate of drug-likeness (QED) is 0.498. The molecular weight excluding hydrogens is 352 g/mol. The second-order valence-corrected chi connectivity index (χ2v) is 6.50. The van der Waals surface area contributed by atoms with E-state index in [1.165, 1.54) is 6.08 Å². The fourth-order valence-electron chi connectivity index (χ4n) is 2.59. The number of fused-ring (bicyclic) bond motifs is 1. The van der Waals surface area contributed by atoms with Crippen LogP contribution in [0.4, 0.5) is 0 Å². The van der Waals surface area contributed by atoms with Crippen molar-refractivity contribution in [1.82, 2.24) is 0 Å². The Morgan fingerprint density at radius 2 is 2.00 bits per heavy atom. The van der Waals surface area contributed by atoms with Crippen LogP contribution in [0.25, 0.3) is 26.6 Å². The minimum atomic E-state index is -1.08. The van der Waals surface area contributed by atoms with Gasteiger partial charge < -0.3 is 14.6 Å². The first kappa shape index (κ1) is 17.7. The predicted molar refractivity (Wildman–Crippen MR) is 102 cm³/mol. The summed E-state index contributed by atoms with van der Waals surface area (Å²) in [6.07, 6.45) is 3.58. The van der Waals surface area contributed by atoms with Gasteiger partial charge in [-0.3, -0.25) is 4.79 Å². The number of hydrogen-bond donors (Lipinski definition) is 1. The van der Waals surface area contributed by atoms with E-state index in [0.29, 0.717) is 23.3 Å². The van der Waals surface area contributed by atoms with E-state index in [0.717, 1.165) is 20.5 Å². The Morgan fingerprint density at radius 1 is 1.19 bits per heavy atom. The van der Waals surface area contributed by atoms with Gasteiger partial charge in [0.2, 0.25) is 0 Å². The molecule has 26 heavy (non-hydrogen) atoms. The average molecular weight is 368 g/mol. The zero-order chi connectivity index (χ0) is 18.5. The van der Waals surface area contributed by atoms with Gasteiger partial charge in [0.15, 0.2) is 6.61 Å². The van der Waals surface area contributed by atoms with Crippen molar-refractivity contribution in [3.63, 3.8) is 0 Å². The average Bonchev–Trinajstić information content (AvgIpc) is 3.08. The number of ether oxygens (including phenoxy) is 2. The van der Waals surface area contributed by atoms with Crippen LogP contribution in [0.15, 0.2) is 48.5 Å². The summed E-state index contributed by atoms with van der Waals surface area (Å²) in [7, 11) is 1.55. The van der Waals surface area contributed by atoms with Gasteiger partial charge in [-0.15, -0.1) is 11.3 Å². The highest BCUT2D eigenvalue weighted by Crippen LogP contribution is 2.41. The first-order chi connectivity index (χ1) is 12.6. The Labute approximate surface area is 154 Å². The molecule has 0 aliphatic carbocycles. The lowest BCUT2D eigenvalue weighted by Crippen LogP contribution is -2.10. The summed E-state index contributed by atoms with van der Waals surface area (Å²) in [4.78, 5) is 22.5. The Bertz CT molecular complexity index is 954. The molecular formula is C20H16O5S. The summed E-state index contributed by atoms with van der Waals surface area (Å²) in [6, 6.07) is 13.6. The molecule has 2 aromatic carbocycles. The van der Waals surface area contributed by atoms with Crippen LogP contribution in [0.3, 0.4) is 0 Å². The predicted octanol–water partition coefficient (Wildman–Crippen LogP) is 4.25. The van der Waals surface area contributed by atoms with Crippen LogP contribution < -0.4 is 9.47 Å². The summed E-state index contributed by atoms with van der Waals surface area (Å²) in [5, 5.41) is 9.98. The molecule has 0 saturated heterocycles. The van der Waals surface area contributed by atoms with Crippen LogP contribution in [-0.2, 0) is 9.59 Å². The molecule has 1 aromatic heterocycles. The fraction of sp³-hybridized carbons (Fsp3) is 0.100. The van der Waals surface area contributed by atoms with E-state index in [1.807, 2.05) is 30.3 Å². The van der Waals surface area contributed by atoms with Crippen LogP contribution in [-0.4, -0.2) is 31.1 Å². The van der Waals surface area contributed by atoms with E-state index in [-0.39, 0.29) is 0 Å². The third-order valence-electron chi connectivity index (χ3n) is 3.73. The molecule has 132 valence electrons. The number of carboxylic acids is 1. The molecule has 3 rings (SSSR count). The third-order valence-corrected chi connectivity index (χ3v) is 4.88. The summed E-state index contributed by atoms with van der Waals surface area (Å²) in [6.45, 7) is -0.479. The summed E-state index contributed by atoms with van der Waals surface area (Å²) < 4.78 is 12.0. The van der Waals surface area contributed by atoms with Crippen molar-refractivity contribution in [2.24, 2.45) is 0 Å². The number of benzene rings is 2. The fourth-order valence-corrected chi connectivity index (χ4v) is 3.68. The molecule has 0 aliphatic heterocycles. The van der Waals surface area contributed by atoms with Crippen LogP contribution in [0, 0.1) is 0 Å². The van der Waals surface area contributed by atoms with E-state index in [1.54, 1.807) is 30.6 Å². The topological polar surface area (TPSA) is 72.8 Å². The van der Waals surface area contributed by atoms with Gasteiger partial charge in [0.05, 0.1) is 7.11 Å². The second kappa shape index (κ2) is 7.84. The zero-order valence-corrected chi connectivity index (χ0v) is 14.8. The van der Waals surface area contributed by atoms with E-state index in [9.17, 15) is 9.59 Å². The van der Waals surface area contributed by atoms with Crippen molar-refractivity contribution < 1.29 is 24.2 Å². The van der Waals surface area contributed by atoms with Crippen LogP contribution >= 0.6 is 11.3 Å². The number of methoxy groups -OCH3 is 1. The number of aliphatic carboxylic acids is 1. The van der Waals surface area contributed by atoms with Gasteiger partial charge in [0.25, 0.3) is 0 Å².